The van der Waals surface area contributed by atoms with E-state index in [1.807, 2.05) is 36.4 Å². The van der Waals surface area contributed by atoms with Gasteiger partial charge in [0.15, 0.2) is 0 Å². The average molecular weight is 248 g/mol. The van der Waals surface area contributed by atoms with E-state index in [1.165, 1.54) is 0 Å². The summed E-state index contributed by atoms with van der Waals surface area (Å²) in [4.78, 5) is 11.7. The number of halogens is 1. The third kappa shape index (κ3) is 2.42. The van der Waals surface area contributed by atoms with Crippen LogP contribution in [0.4, 0.5) is 0 Å². The topological polar surface area (TPSA) is 22.0 Å². The molecule has 2 rings (SSSR count). The molecule has 17 heavy (non-hydrogen) atoms. The Hall–Kier alpha value is -1.54. The van der Waals surface area contributed by atoms with Crippen molar-refractivity contribution in [3.05, 3.63) is 48.2 Å². The maximum absolute atomic E-state index is 11.7. The summed E-state index contributed by atoms with van der Waals surface area (Å²) in [6, 6.07) is 9.95. The normalized spacial score (nSPS) is 11.4. The van der Waals surface area contributed by atoms with Gasteiger partial charge in [-0.15, -0.1) is 11.6 Å². The fourth-order valence-electron chi connectivity index (χ4n) is 2.00. The van der Waals surface area contributed by atoms with Crippen LogP contribution in [-0.2, 0) is 6.42 Å². The Morgan fingerprint density at radius 3 is 2.82 bits per heavy atom. The molecule has 0 N–H and O–H groups in total. The largest absolute Gasteiger partial charge is 0.284 e. The molecule has 1 aromatic heterocycles. The smallest absolute Gasteiger partial charge is 0.228 e. The number of aromatic nitrogens is 1. The fourth-order valence-corrected chi connectivity index (χ4v) is 2.13. The van der Waals surface area contributed by atoms with Crippen molar-refractivity contribution >= 4 is 28.4 Å². The first kappa shape index (κ1) is 11.9. The summed E-state index contributed by atoms with van der Waals surface area (Å²) in [6.45, 7) is 1.58. The first-order valence-corrected chi connectivity index (χ1v) is 6.08. The molecule has 0 aliphatic heterocycles. The van der Waals surface area contributed by atoms with Crippen molar-refractivity contribution in [2.45, 2.75) is 13.3 Å². The van der Waals surface area contributed by atoms with Crippen LogP contribution in [-0.4, -0.2) is 16.4 Å². The Morgan fingerprint density at radius 1 is 1.35 bits per heavy atom. The van der Waals surface area contributed by atoms with Crippen LogP contribution in [0.1, 0.15) is 17.4 Å². The monoisotopic (exact) mass is 247 g/mol. The van der Waals surface area contributed by atoms with Crippen molar-refractivity contribution in [1.29, 1.82) is 0 Å². The molecule has 0 bridgehead atoms. The van der Waals surface area contributed by atoms with Crippen LogP contribution in [0.3, 0.4) is 0 Å². The number of carbonyl (C=O) groups is 1. The Kier molecular flexibility index (Phi) is 3.64. The van der Waals surface area contributed by atoms with Crippen molar-refractivity contribution in [2.24, 2.45) is 0 Å². The van der Waals surface area contributed by atoms with E-state index in [-0.39, 0.29) is 5.91 Å². The van der Waals surface area contributed by atoms with Crippen molar-refractivity contribution in [3.63, 3.8) is 0 Å². The second-order valence-corrected chi connectivity index (χ2v) is 4.19. The van der Waals surface area contributed by atoms with Gasteiger partial charge in [-0.3, -0.25) is 9.36 Å². The number of hydrogen-bond donors (Lipinski definition) is 0. The molecule has 2 aromatic rings. The quantitative estimate of drug-likeness (QED) is 0.600. The van der Waals surface area contributed by atoms with Crippen molar-refractivity contribution in [2.75, 3.05) is 5.88 Å². The molecule has 1 heterocycles. The Bertz CT molecular complexity index is 569. The van der Waals surface area contributed by atoms with E-state index in [0.29, 0.717) is 5.88 Å². The van der Waals surface area contributed by atoms with E-state index < -0.39 is 0 Å². The molecule has 0 unspecified atom stereocenters. The second kappa shape index (κ2) is 5.19. The van der Waals surface area contributed by atoms with E-state index in [0.717, 1.165) is 23.0 Å². The van der Waals surface area contributed by atoms with Gasteiger partial charge in [-0.05, 0) is 12.1 Å². The molecule has 0 atom stereocenters. The molecule has 2 nitrogen and oxygen atoms in total. The molecule has 3 heteroatoms. The molecular weight excluding hydrogens is 234 g/mol. The van der Waals surface area contributed by atoms with Crippen molar-refractivity contribution in [3.8, 4) is 0 Å². The number of carbonyl (C=O) groups excluding carboxylic acids is 1. The zero-order chi connectivity index (χ0) is 12.3. The van der Waals surface area contributed by atoms with Crippen LogP contribution in [0.15, 0.2) is 42.5 Å². The van der Waals surface area contributed by atoms with E-state index in [1.54, 1.807) is 11.5 Å². The predicted molar refractivity (Wildman–Crippen MR) is 71.8 cm³/mol. The van der Waals surface area contributed by atoms with Gasteiger partial charge in [0.05, 0.1) is 5.52 Å². The number of rotatable bonds is 3. The minimum atomic E-state index is 0.0421. The SMILES string of the molecule is CC(=O)n1c(C/C=C/CCl)cc2ccccc21. The van der Waals surface area contributed by atoms with Crippen LogP contribution in [0.2, 0.25) is 0 Å². The van der Waals surface area contributed by atoms with Gasteiger partial charge in [0.1, 0.15) is 0 Å². The molecule has 88 valence electrons. The summed E-state index contributed by atoms with van der Waals surface area (Å²) in [5.74, 6) is 0.542. The second-order valence-electron chi connectivity index (χ2n) is 3.88. The molecule has 0 spiro atoms. The molecule has 0 saturated carbocycles. The number of allylic oxidation sites excluding steroid dienone is 2. The number of fused-ring (bicyclic) bond motifs is 1. The molecular formula is C14H14ClNO. The highest BCUT2D eigenvalue weighted by Gasteiger charge is 2.09. The first-order chi connectivity index (χ1) is 8.24. The van der Waals surface area contributed by atoms with Gasteiger partial charge in [-0.1, -0.05) is 30.4 Å². The zero-order valence-electron chi connectivity index (χ0n) is 9.69. The highest BCUT2D eigenvalue weighted by Crippen LogP contribution is 2.20. The third-order valence-corrected chi connectivity index (χ3v) is 2.86. The van der Waals surface area contributed by atoms with Gasteiger partial charge in [0.25, 0.3) is 0 Å². The zero-order valence-corrected chi connectivity index (χ0v) is 10.4. The van der Waals surface area contributed by atoms with Crippen LogP contribution >= 0.6 is 11.6 Å². The lowest BCUT2D eigenvalue weighted by Crippen LogP contribution is -2.08. The maximum atomic E-state index is 11.7. The summed E-state index contributed by atoms with van der Waals surface area (Å²) in [5.41, 5.74) is 1.97. The van der Waals surface area contributed by atoms with Gasteiger partial charge < -0.3 is 0 Å². The summed E-state index contributed by atoms with van der Waals surface area (Å²) in [5, 5.41) is 1.09. The minimum Gasteiger partial charge on any atom is -0.284 e. The first-order valence-electron chi connectivity index (χ1n) is 5.55. The average Bonchev–Trinajstić information content (AvgIpc) is 2.67. The number of benzene rings is 1. The van der Waals surface area contributed by atoms with Gasteiger partial charge in [-0.25, -0.2) is 0 Å². The molecule has 1 aromatic carbocycles. The molecule has 0 fully saturated rings. The fraction of sp³-hybridized carbons (Fsp3) is 0.214. The summed E-state index contributed by atoms with van der Waals surface area (Å²) < 4.78 is 1.76. The van der Waals surface area contributed by atoms with Crippen LogP contribution in [0.25, 0.3) is 10.9 Å². The maximum Gasteiger partial charge on any atom is 0.228 e. The van der Waals surface area contributed by atoms with E-state index in [9.17, 15) is 4.79 Å². The van der Waals surface area contributed by atoms with Crippen molar-refractivity contribution in [1.82, 2.24) is 4.57 Å². The standard InChI is InChI=1S/C14H14ClNO/c1-11(17)16-13(7-4-5-9-15)10-12-6-2-3-8-14(12)16/h2-6,8,10H,7,9H2,1H3/b5-4+. The number of para-hydroxylation sites is 1. The lowest BCUT2D eigenvalue weighted by Gasteiger charge is -2.04. The third-order valence-electron chi connectivity index (χ3n) is 2.68. The molecule has 0 saturated heterocycles. The number of hydrogen-bond acceptors (Lipinski definition) is 1. The van der Waals surface area contributed by atoms with E-state index in [2.05, 4.69) is 6.07 Å². The molecule has 0 radical (unpaired) electrons. The lowest BCUT2D eigenvalue weighted by atomic mass is 10.2. The highest BCUT2D eigenvalue weighted by molar-refractivity contribution is 6.18. The number of nitrogens with zero attached hydrogens (tertiary/aromatic N) is 1. The van der Waals surface area contributed by atoms with Crippen LogP contribution in [0, 0.1) is 0 Å². The van der Waals surface area contributed by atoms with Crippen molar-refractivity contribution < 1.29 is 4.79 Å². The lowest BCUT2D eigenvalue weighted by molar-refractivity contribution is 0.0939. The summed E-state index contributed by atoms with van der Waals surface area (Å²) in [6.07, 6.45) is 4.60. The van der Waals surface area contributed by atoms with Gasteiger partial charge >= 0.3 is 0 Å². The predicted octanol–water partition coefficient (Wildman–Crippen LogP) is 3.64. The minimum absolute atomic E-state index is 0.0421. The van der Waals surface area contributed by atoms with Gasteiger partial charge in [0.2, 0.25) is 5.91 Å². The highest BCUT2D eigenvalue weighted by atomic mass is 35.5. The Labute approximate surface area is 105 Å². The Morgan fingerprint density at radius 2 is 2.12 bits per heavy atom. The number of alkyl halides is 1. The Balaban J connectivity index is 2.50. The van der Waals surface area contributed by atoms with Gasteiger partial charge in [0, 0.05) is 30.3 Å². The van der Waals surface area contributed by atoms with Gasteiger partial charge in [-0.2, -0.15) is 0 Å². The van der Waals surface area contributed by atoms with E-state index in [4.69, 9.17) is 11.6 Å². The molecule has 0 amide bonds. The summed E-state index contributed by atoms with van der Waals surface area (Å²) in [7, 11) is 0. The summed E-state index contributed by atoms with van der Waals surface area (Å²) >= 11 is 5.59. The van der Waals surface area contributed by atoms with E-state index >= 15 is 0 Å². The molecule has 0 aliphatic rings. The van der Waals surface area contributed by atoms with Crippen LogP contribution in [0.5, 0.6) is 0 Å². The van der Waals surface area contributed by atoms with Crippen LogP contribution < -0.4 is 0 Å². The molecule has 0 aliphatic carbocycles.